The van der Waals surface area contributed by atoms with Crippen molar-refractivity contribution in [3.8, 4) is 0 Å². The molecule has 150 valence electrons. The molecule has 0 fully saturated rings. The Morgan fingerprint density at radius 1 is 1.39 bits per heavy atom. The molecule has 0 spiro atoms. The lowest BCUT2D eigenvalue weighted by molar-refractivity contribution is -0.126. The van der Waals surface area contributed by atoms with Gasteiger partial charge in [-0.25, -0.2) is 0 Å². The monoisotopic (exact) mass is 385 g/mol. The minimum atomic E-state index is -0.590. The molecule has 2 aliphatic rings. The van der Waals surface area contributed by atoms with Crippen LogP contribution in [-0.4, -0.2) is 62.5 Å². The zero-order valence-corrected chi connectivity index (χ0v) is 16.4. The molecule has 1 N–H and O–H groups in total. The van der Waals surface area contributed by atoms with E-state index in [0.29, 0.717) is 43.8 Å². The van der Waals surface area contributed by atoms with Gasteiger partial charge in [-0.05, 0) is 30.5 Å². The number of carbonyl (C=O) groups is 3. The maximum atomic E-state index is 13.0. The Kier molecular flexibility index (Phi) is 6.14. The van der Waals surface area contributed by atoms with Gasteiger partial charge in [0, 0.05) is 50.8 Å². The van der Waals surface area contributed by atoms with Gasteiger partial charge >= 0.3 is 0 Å². The molecule has 1 aromatic carbocycles. The van der Waals surface area contributed by atoms with Crippen LogP contribution < -0.4 is 10.2 Å². The second-order valence-corrected chi connectivity index (χ2v) is 7.14. The number of allylic oxidation sites excluding steroid dienone is 1. The summed E-state index contributed by atoms with van der Waals surface area (Å²) >= 11 is 0. The van der Waals surface area contributed by atoms with Crippen LogP contribution in [-0.2, 0) is 14.3 Å². The number of benzene rings is 1. The number of methoxy groups -OCH3 is 1. The lowest BCUT2D eigenvalue weighted by atomic mass is 9.79. The number of nitrogens with zero attached hydrogens (tertiary/aromatic N) is 2. The number of ether oxygens (including phenoxy) is 1. The fourth-order valence-corrected chi connectivity index (χ4v) is 4.16. The van der Waals surface area contributed by atoms with Crippen LogP contribution in [0.25, 0.3) is 0 Å². The molecule has 2 heterocycles. The Morgan fingerprint density at radius 3 is 2.86 bits per heavy atom. The lowest BCUT2D eigenvalue weighted by Gasteiger charge is -2.44. The highest BCUT2D eigenvalue weighted by Crippen LogP contribution is 2.44. The molecule has 2 atom stereocenters. The first-order valence-corrected chi connectivity index (χ1v) is 9.59. The molecule has 1 aromatic rings. The summed E-state index contributed by atoms with van der Waals surface area (Å²) in [5.41, 5.74) is 2.17. The molecule has 0 saturated heterocycles. The number of nitrogens with one attached hydrogen (secondary N) is 1. The van der Waals surface area contributed by atoms with E-state index in [0.717, 1.165) is 5.56 Å². The third-order valence-corrected chi connectivity index (χ3v) is 5.47. The standard InChI is InChI=1S/C21H27N3O4/c1-4-5-9-18(25)24-16-8-6-7-15-19(16)14(12-17(24)20(26)22-2)13-23(21(15)27)10-11-28-3/h4,6-8,14,17H,1,5,9-13H2,2-3H3,(H,22,26)/t14-,17-/m0/s1. The van der Waals surface area contributed by atoms with E-state index in [1.165, 1.54) is 0 Å². The smallest absolute Gasteiger partial charge is 0.254 e. The number of hydrogen-bond acceptors (Lipinski definition) is 4. The summed E-state index contributed by atoms with van der Waals surface area (Å²) in [7, 11) is 3.19. The topological polar surface area (TPSA) is 79.0 Å². The summed E-state index contributed by atoms with van der Waals surface area (Å²) in [6.07, 6.45) is 2.99. The highest BCUT2D eigenvalue weighted by molar-refractivity contribution is 6.06. The molecule has 3 amide bonds. The molecule has 2 aliphatic heterocycles. The molecule has 0 bridgehead atoms. The predicted octanol–water partition coefficient (Wildman–Crippen LogP) is 1.69. The second-order valence-electron chi connectivity index (χ2n) is 7.14. The van der Waals surface area contributed by atoms with Crippen molar-refractivity contribution in [1.29, 1.82) is 0 Å². The average molecular weight is 385 g/mol. The predicted molar refractivity (Wildman–Crippen MR) is 106 cm³/mol. The maximum Gasteiger partial charge on any atom is 0.254 e. The fourth-order valence-electron chi connectivity index (χ4n) is 4.16. The van der Waals surface area contributed by atoms with Crippen LogP contribution in [0.15, 0.2) is 30.9 Å². The average Bonchev–Trinajstić information content (AvgIpc) is 2.72. The molecule has 0 aliphatic carbocycles. The third-order valence-electron chi connectivity index (χ3n) is 5.47. The quantitative estimate of drug-likeness (QED) is 0.725. The van der Waals surface area contributed by atoms with Gasteiger partial charge in [0.25, 0.3) is 5.91 Å². The summed E-state index contributed by atoms with van der Waals surface area (Å²) in [6, 6.07) is 4.83. The first kappa shape index (κ1) is 20.1. The van der Waals surface area contributed by atoms with Crippen molar-refractivity contribution in [2.24, 2.45) is 0 Å². The zero-order chi connectivity index (χ0) is 20.3. The number of carbonyl (C=O) groups excluding carboxylic acids is 3. The molecule has 0 radical (unpaired) electrons. The summed E-state index contributed by atoms with van der Waals surface area (Å²) in [5.74, 6) is -0.369. The SMILES string of the molecule is C=CCCC(=O)N1c2cccc3c2[C@@H](C[C@H]1C(=O)NC)CN(CCOC)C3=O. The van der Waals surface area contributed by atoms with Crippen molar-refractivity contribution >= 4 is 23.4 Å². The Hall–Kier alpha value is -2.67. The Bertz CT molecular complexity index is 792. The number of amides is 3. The zero-order valence-electron chi connectivity index (χ0n) is 16.4. The highest BCUT2D eigenvalue weighted by atomic mass is 16.5. The van der Waals surface area contributed by atoms with E-state index in [1.54, 1.807) is 42.2 Å². The van der Waals surface area contributed by atoms with E-state index in [1.807, 2.05) is 6.07 Å². The molecule has 7 nitrogen and oxygen atoms in total. The molecular weight excluding hydrogens is 358 g/mol. The third kappa shape index (κ3) is 3.54. The van der Waals surface area contributed by atoms with E-state index in [-0.39, 0.29) is 30.1 Å². The normalized spacial score (nSPS) is 20.6. The summed E-state index contributed by atoms with van der Waals surface area (Å²) < 4.78 is 5.13. The van der Waals surface area contributed by atoms with Gasteiger partial charge in [0.2, 0.25) is 11.8 Å². The molecular formula is C21H27N3O4. The van der Waals surface area contributed by atoms with E-state index in [4.69, 9.17) is 4.74 Å². The van der Waals surface area contributed by atoms with Crippen LogP contribution >= 0.6 is 0 Å². The van der Waals surface area contributed by atoms with Gasteiger partial charge in [0.05, 0.1) is 6.61 Å². The first-order chi connectivity index (χ1) is 13.5. The van der Waals surface area contributed by atoms with Gasteiger partial charge in [-0.1, -0.05) is 12.1 Å². The van der Waals surface area contributed by atoms with Gasteiger partial charge in [-0.3, -0.25) is 19.3 Å². The molecule has 28 heavy (non-hydrogen) atoms. The number of rotatable bonds is 7. The fraction of sp³-hybridized carbons (Fsp3) is 0.476. The Labute approximate surface area is 165 Å². The largest absolute Gasteiger partial charge is 0.383 e. The molecule has 7 heteroatoms. The van der Waals surface area contributed by atoms with Crippen LogP contribution in [0.5, 0.6) is 0 Å². The highest BCUT2D eigenvalue weighted by Gasteiger charge is 2.44. The summed E-state index contributed by atoms with van der Waals surface area (Å²) in [4.78, 5) is 41.9. The Morgan fingerprint density at radius 2 is 2.18 bits per heavy atom. The van der Waals surface area contributed by atoms with Crippen LogP contribution in [0.3, 0.4) is 0 Å². The van der Waals surface area contributed by atoms with Crippen molar-refractivity contribution in [2.75, 3.05) is 38.8 Å². The minimum Gasteiger partial charge on any atom is -0.383 e. The van der Waals surface area contributed by atoms with Crippen LogP contribution in [0.2, 0.25) is 0 Å². The van der Waals surface area contributed by atoms with E-state index in [2.05, 4.69) is 11.9 Å². The van der Waals surface area contributed by atoms with Crippen molar-refractivity contribution in [3.05, 3.63) is 42.0 Å². The van der Waals surface area contributed by atoms with Crippen LogP contribution in [0.1, 0.15) is 41.1 Å². The summed E-state index contributed by atoms with van der Waals surface area (Å²) in [6.45, 7) is 5.15. The molecule has 3 rings (SSSR count). The molecule has 0 saturated carbocycles. The van der Waals surface area contributed by atoms with Crippen LogP contribution in [0, 0.1) is 0 Å². The van der Waals surface area contributed by atoms with Gasteiger partial charge in [0.1, 0.15) is 6.04 Å². The van der Waals surface area contributed by atoms with E-state index >= 15 is 0 Å². The lowest BCUT2D eigenvalue weighted by Crippen LogP contribution is -2.55. The minimum absolute atomic E-state index is 0.00603. The summed E-state index contributed by atoms with van der Waals surface area (Å²) in [5, 5.41) is 2.68. The van der Waals surface area contributed by atoms with E-state index in [9.17, 15) is 14.4 Å². The Balaban J connectivity index is 2.05. The number of anilines is 1. The van der Waals surface area contributed by atoms with Gasteiger partial charge in [-0.2, -0.15) is 0 Å². The molecule has 0 unspecified atom stereocenters. The molecule has 0 aromatic heterocycles. The van der Waals surface area contributed by atoms with Crippen molar-refractivity contribution in [3.63, 3.8) is 0 Å². The first-order valence-electron chi connectivity index (χ1n) is 9.59. The number of likely N-dealkylation sites (N-methyl/N-ethyl adjacent to an activating group) is 1. The van der Waals surface area contributed by atoms with Gasteiger partial charge < -0.3 is 15.0 Å². The number of hydrogen-bond donors (Lipinski definition) is 1. The van der Waals surface area contributed by atoms with Crippen molar-refractivity contribution in [2.45, 2.75) is 31.2 Å². The van der Waals surface area contributed by atoms with Crippen molar-refractivity contribution in [1.82, 2.24) is 10.2 Å². The van der Waals surface area contributed by atoms with Crippen LogP contribution in [0.4, 0.5) is 5.69 Å². The van der Waals surface area contributed by atoms with Gasteiger partial charge in [-0.15, -0.1) is 6.58 Å². The van der Waals surface area contributed by atoms with Crippen molar-refractivity contribution < 1.29 is 19.1 Å². The van der Waals surface area contributed by atoms with Gasteiger partial charge in [0.15, 0.2) is 0 Å². The second kappa shape index (κ2) is 8.56. The van der Waals surface area contributed by atoms with E-state index < -0.39 is 6.04 Å². The maximum absolute atomic E-state index is 13.0.